The van der Waals surface area contributed by atoms with Crippen LogP contribution in [-0.4, -0.2) is 48.0 Å². The van der Waals surface area contributed by atoms with Crippen LogP contribution < -0.4 is 14.2 Å². The van der Waals surface area contributed by atoms with Crippen molar-refractivity contribution in [2.24, 2.45) is 0 Å². The first-order valence-electron chi connectivity index (χ1n) is 10.9. The summed E-state index contributed by atoms with van der Waals surface area (Å²) in [6.07, 6.45) is 3.26. The summed E-state index contributed by atoms with van der Waals surface area (Å²) in [5.74, 6) is -0.641. The fourth-order valence-corrected chi connectivity index (χ4v) is 4.20. The Morgan fingerprint density at radius 1 is 1.00 bits per heavy atom. The normalized spacial score (nSPS) is 16.9. The summed E-state index contributed by atoms with van der Waals surface area (Å²) < 4.78 is 16.4. The van der Waals surface area contributed by atoms with Gasteiger partial charge in [-0.05, 0) is 36.2 Å². The van der Waals surface area contributed by atoms with E-state index in [-0.39, 0.29) is 17.9 Å². The maximum atomic E-state index is 13.3. The molecule has 1 aliphatic rings. The van der Waals surface area contributed by atoms with Gasteiger partial charge < -0.3 is 24.2 Å². The molecule has 1 aromatic heterocycles. The molecule has 2 heterocycles. The smallest absolute Gasteiger partial charge is 0.295 e. The molecule has 8 nitrogen and oxygen atoms in total. The van der Waals surface area contributed by atoms with Crippen molar-refractivity contribution < 1.29 is 28.9 Å². The Balaban J connectivity index is 1.94. The summed E-state index contributed by atoms with van der Waals surface area (Å²) in [4.78, 5) is 32.1. The highest BCUT2D eigenvalue weighted by atomic mass is 16.5. The minimum atomic E-state index is -0.898. The summed E-state index contributed by atoms with van der Waals surface area (Å²) in [7, 11) is 4.46. The molecule has 4 rings (SSSR count). The van der Waals surface area contributed by atoms with Crippen molar-refractivity contribution in [3.63, 3.8) is 0 Å². The van der Waals surface area contributed by atoms with Gasteiger partial charge in [-0.25, -0.2) is 0 Å². The number of methoxy groups -OCH3 is 3. The van der Waals surface area contributed by atoms with Crippen molar-refractivity contribution in [2.75, 3.05) is 21.3 Å². The van der Waals surface area contributed by atoms with E-state index >= 15 is 0 Å². The molecule has 1 aliphatic heterocycles. The van der Waals surface area contributed by atoms with E-state index in [4.69, 9.17) is 14.2 Å². The molecule has 0 radical (unpaired) electrons. The number of amides is 1. The minimum Gasteiger partial charge on any atom is -0.507 e. The van der Waals surface area contributed by atoms with Crippen LogP contribution in [0.5, 0.6) is 17.2 Å². The van der Waals surface area contributed by atoms with E-state index in [0.717, 1.165) is 11.1 Å². The van der Waals surface area contributed by atoms with E-state index in [1.165, 1.54) is 26.2 Å². The molecule has 8 heteroatoms. The Labute approximate surface area is 203 Å². The molecule has 2 aromatic carbocycles. The minimum absolute atomic E-state index is 0.0167. The lowest BCUT2D eigenvalue weighted by atomic mass is 9.94. The van der Waals surface area contributed by atoms with Crippen LogP contribution in [0.3, 0.4) is 0 Å². The third kappa shape index (κ3) is 4.42. The molecule has 1 fully saturated rings. The first-order chi connectivity index (χ1) is 16.9. The molecule has 35 heavy (non-hydrogen) atoms. The van der Waals surface area contributed by atoms with Crippen molar-refractivity contribution in [1.82, 2.24) is 9.88 Å². The highest BCUT2D eigenvalue weighted by molar-refractivity contribution is 6.46. The first kappa shape index (κ1) is 23.8. The standard InChI is InChI=1S/C27H26N2O6/c1-16-7-9-18(10-8-16)24(30)22-23(19-12-20(33-2)26(35-4)21(13-19)34-3)29(27(32)25(22)31)15-17-6-5-11-28-14-17/h5-14,23,30H,15H2,1-4H3/b24-22+/t23-/m1/s1. The number of hydrogen-bond donors (Lipinski definition) is 1. The number of pyridine rings is 1. The number of aryl methyl sites for hydroxylation is 1. The number of aliphatic hydroxyl groups is 1. The van der Waals surface area contributed by atoms with Gasteiger partial charge in [-0.3, -0.25) is 14.6 Å². The molecular weight excluding hydrogens is 448 g/mol. The number of likely N-dealkylation sites (tertiary alicyclic amines) is 1. The van der Waals surface area contributed by atoms with Crippen LogP contribution in [0.1, 0.15) is 28.3 Å². The SMILES string of the molecule is COc1cc([C@@H]2/C(=C(\O)c3ccc(C)cc3)C(=O)C(=O)N2Cc2cccnc2)cc(OC)c1OC. The number of benzene rings is 2. The molecule has 1 amide bonds. The second kappa shape index (κ2) is 9.89. The maximum absolute atomic E-state index is 13.3. The van der Waals surface area contributed by atoms with Crippen molar-refractivity contribution in [3.05, 3.63) is 88.8 Å². The summed E-state index contributed by atoms with van der Waals surface area (Å²) in [6, 6.07) is 13.1. The predicted octanol–water partition coefficient (Wildman–Crippen LogP) is 4.04. The van der Waals surface area contributed by atoms with E-state index in [1.54, 1.807) is 42.7 Å². The van der Waals surface area contributed by atoms with Crippen LogP contribution in [0.2, 0.25) is 0 Å². The summed E-state index contributed by atoms with van der Waals surface area (Å²) in [5.41, 5.74) is 2.68. The number of Topliss-reactive ketones (excluding diaryl/α,β-unsaturated/α-hetero) is 1. The number of carbonyl (C=O) groups excluding carboxylic acids is 2. The number of aliphatic hydroxyl groups excluding tert-OH is 1. The zero-order valence-corrected chi connectivity index (χ0v) is 19.9. The van der Waals surface area contributed by atoms with Gasteiger partial charge >= 0.3 is 0 Å². The van der Waals surface area contributed by atoms with Crippen LogP contribution in [0.15, 0.2) is 66.5 Å². The Bertz CT molecular complexity index is 1260. The average Bonchev–Trinajstić information content (AvgIpc) is 3.13. The largest absolute Gasteiger partial charge is 0.507 e. The molecule has 180 valence electrons. The Morgan fingerprint density at radius 2 is 1.66 bits per heavy atom. The van der Waals surface area contributed by atoms with Crippen molar-refractivity contribution in [3.8, 4) is 17.2 Å². The topological polar surface area (TPSA) is 98.2 Å². The Hall–Kier alpha value is -4.33. The van der Waals surface area contributed by atoms with Gasteiger partial charge in [0.25, 0.3) is 11.7 Å². The van der Waals surface area contributed by atoms with Crippen LogP contribution >= 0.6 is 0 Å². The second-order valence-electron chi connectivity index (χ2n) is 8.11. The van der Waals surface area contributed by atoms with E-state index in [1.807, 2.05) is 25.1 Å². The second-order valence-corrected chi connectivity index (χ2v) is 8.11. The lowest BCUT2D eigenvalue weighted by Crippen LogP contribution is -2.29. The molecule has 3 aromatic rings. The van der Waals surface area contributed by atoms with E-state index in [9.17, 15) is 14.7 Å². The van der Waals surface area contributed by atoms with E-state index in [0.29, 0.717) is 28.4 Å². The number of nitrogens with zero attached hydrogens (tertiary/aromatic N) is 2. The summed E-state index contributed by atoms with van der Waals surface area (Å²) >= 11 is 0. The lowest BCUT2D eigenvalue weighted by Gasteiger charge is -2.26. The first-order valence-corrected chi connectivity index (χ1v) is 10.9. The van der Waals surface area contributed by atoms with Crippen LogP contribution in [0.4, 0.5) is 0 Å². The highest BCUT2D eigenvalue weighted by Gasteiger charge is 2.46. The quantitative estimate of drug-likeness (QED) is 0.314. The number of ether oxygens (including phenoxy) is 3. The van der Waals surface area contributed by atoms with Crippen molar-refractivity contribution in [2.45, 2.75) is 19.5 Å². The van der Waals surface area contributed by atoms with Gasteiger partial charge in [0.1, 0.15) is 5.76 Å². The third-order valence-corrected chi connectivity index (χ3v) is 5.94. The molecule has 1 saturated heterocycles. The number of hydrogen-bond acceptors (Lipinski definition) is 7. The molecule has 0 unspecified atom stereocenters. The van der Waals surface area contributed by atoms with Gasteiger partial charge in [0.2, 0.25) is 5.75 Å². The van der Waals surface area contributed by atoms with E-state index in [2.05, 4.69) is 4.98 Å². The number of carbonyl (C=O) groups is 2. The number of rotatable bonds is 7. The molecule has 0 bridgehead atoms. The number of ketones is 1. The summed E-state index contributed by atoms with van der Waals surface area (Å²) in [5, 5.41) is 11.2. The number of aromatic nitrogens is 1. The molecule has 0 aliphatic carbocycles. The maximum Gasteiger partial charge on any atom is 0.295 e. The van der Waals surface area contributed by atoms with Gasteiger partial charge in [0.15, 0.2) is 11.5 Å². The molecule has 1 N–H and O–H groups in total. The Kier molecular flexibility index (Phi) is 6.73. The van der Waals surface area contributed by atoms with Gasteiger partial charge in [-0.2, -0.15) is 0 Å². The van der Waals surface area contributed by atoms with Crippen LogP contribution in [0, 0.1) is 6.92 Å². The third-order valence-electron chi connectivity index (χ3n) is 5.94. The summed E-state index contributed by atoms with van der Waals surface area (Å²) in [6.45, 7) is 2.04. The molecule has 1 atom stereocenters. The monoisotopic (exact) mass is 474 g/mol. The van der Waals surface area contributed by atoms with Crippen LogP contribution in [-0.2, 0) is 16.1 Å². The fourth-order valence-electron chi connectivity index (χ4n) is 4.20. The zero-order chi connectivity index (χ0) is 25.1. The predicted molar refractivity (Wildman–Crippen MR) is 129 cm³/mol. The fraction of sp³-hybridized carbons (Fsp3) is 0.222. The van der Waals surface area contributed by atoms with Crippen molar-refractivity contribution >= 4 is 17.4 Å². The van der Waals surface area contributed by atoms with Gasteiger partial charge in [0, 0.05) is 24.5 Å². The molecule has 0 spiro atoms. The molecular formula is C27H26N2O6. The van der Waals surface area contributed by atoms with Gasteiger partial charge in [-0.15, -0.1) is 0 Å². The molecule has 0 saturated carbocycles. The van der Waals surface area contributed by atoms with Crippen LogP contribution in [0.25, 0.3) is 5.76 Å². The van der Waals surface area contributed by atoms with E-state index < -0.39 is 17.7 Å². The average molecular weight is 475 g/mol. The van der Waals surface area contributed by atoms with Crippen molar-refractivity contribution in [1.29, 1.82) is 0 Å². The zero-order valence-electron chi connectivity index (χ0n) is 19.9. The van der Waals surface area contributed by atoms with Gasteiger partial charge in [-0.1, -0.05) is 35.9 Å². The highest BCUT2D eigenvalue weighted by Crippen LogP contribution is 2.46. The Morgan fingerprint density at radius 3 is 2.20 bits per heavy atom. The lowest BCUT2D eigenvalue weighted by molar-refractivity contribution is -0.140. The van der Waals surface area contributed by atoms with Gasteiger partial charge in [0.05, 0.1) is 32.9 Å².